The number of carbonyl (C=O) groups is 2. The zero-order chi connectivity index (χ0) is 23.3. The van der Waals surface area contributed by atoms with E-state index in [0.717, 1.165) is 23.4 Å². The molecule has 1 fully saturated rings. The molecule has 9 heteroatoms. The Morgan fingerprint density at radius 1 is 1.24 bits per heavy atom. The van der Waals surface area contributed by atoms with Crippen LogP contribution in [-0.4, -0.2) is 50.4 Å². The van der Waals surface area contributed by atoms with Crippen molar-refractivity contribution in [3.05, 3.63) is 65.2 Å². The Kier molecular flexibility index (Phi) is 6.83. The van der Waals surface area contributed by atoms with Crippen LogP contribution in [0.25, 0.3) is 6.08 Å². The monoisotopic (exact) mass is 448 g/mol. The summed E-state index contributed by atoms with van der Waals surface area (Å²) in [5.74, 6) is -0.370. The number of hydrogen-bond donors (Lipinski definition) is 5. The van der Waals surface area contributed by atoms with Gasteiger partial charge in [-0.3, -0.25) is 15.3 Å². The number of nitrogens with one attached hydrogen (secondary N) is 3. The van der Waals surface area contributed by atoms with Crippen molar-refractivity contribution in [2.24, 2.45) is 10.7 Å². The molecule has 33 heavy (non-hydrogen) atoms. The molecule has 0 radical (unpaired) electrons. The zero-order valence-electron chi connectivity index (χ0n) is 18.2. The number of amides is 1. The summed E-state index contributed by atoms with van der Waals surface area (Å²) < 4.78 is 5.69. The number of anilines is 2. The molecule has 2 aliphatic heterocycles. The van der Waals surface area contributed by atoms with E-state index >= 15 is 0 Å². The first kappa shape index (κ1) is 22.7. The van der Waals surface area contributed by atoms with Gasteiger partial charge >= 0.3 is 0 Å². The molecule has 1 unspecified atom stereocenters. The standard InChI is InChI=1S/C24H28N6O3/c25-18-3-1-2-16(12-18)5-7-22(31)24(26)19-6-4-17(13-20(19)29-15-30-24)8-11-33-14-21-23(32)28-10-9-27-21/h1-7,12-13,15,21,27H,8-11,14,25-26H2,(H,28,32)(H,29,30)/t21-,24?/m0/s1. The molecule has 7 N–H and O–H groups in total. The second kappa shape index (κ2) is 9.95. The highest BCUT2D eigenvalue weighted by molar-refractivity contribution is 6.04. The summed E-state index contributed by atoms with van der Waals surface area (Å²) in [6.45, 7) is 2.17. The third-order valence-corrected chi connectivity index (χ3v) is 5.65. The second-order valence-electron chi connectivity index (χ2n) is 8.04. The number of ketones is 1. The van der Waals surface area contributed by atoms with Gasteiger partial charge in [0.2, 0.25) is 17.4 Å². The number of carbonyl (C=O) groups excluding carboxylic acids is 2. The number of nitrogen functional groups attached to an aromatic ring is 1. The minimum Gasteiger partial charge on any atom is -0.399 e. The van der Waals surface area contributed by atoms with E-state index in [1.165, 1.54) is 12.4 Å². The number of nitrogens with two attached hydrogens (primary N) is 2. The van der Waals surface area contributed by atoms with Crippen LogP contribution in [0.3, 0.4) is 0 Å². The van der Waals surface area contributed by atoms with E-state index in [1.807, 2.05) is 30.3 Å². The van der Waals surface area contributed by atoms with Gasteiger partial charge in [-0.2, -0.15) is 0 Å². The Bertz CT molecular complexity index is 1100. The highest BCUT2D eigenvalue weighted by Crippen LogP contribution is 2.32. The van der Waals surface area contributed by atoms with Crippen molar-refractivity contribution in [2.45, 2.75) is 18.1 Å². The van der Waals surface area contributed by atoms with Crippen molar-refractivity contribution in [2.75, 3.05) is 37.4 Å². The van der Waals surface area contributed by atoms with Crippen LogP contribution >= 0.6 is 0 Å². The van der Waals surface area contributed by atoms with Crippen molar-refractivity contribution in [3.8, 4) is 0 Å². The molecule has 0 spiro atoms. The highest BCUT2D eigenvalue weighted by atomic mass is 16.5. The number of nitrogens with zero attached hydrogens (tertiary/aromatic N) is 1. The molecular formula is C24H28N6O3. The van der Waals surface area contributed by atoms with Crippen LogP contribution in [0.1, 0.15) is 16.7 Å². The first-order valence-corrected chi connectivity index (χ1v) is 10.8. The third kappa shape index (κ3) is 5.28. The molecule has 1 saturated heterocycles. The van der Waals surface area contributed by atoms with E-state index in [4.69, 9.17) is 16.2 Å². The number of fused-ring (bicyclic) bond motifs is 1. The number of hydrogen-bond acceptors (Lipinski definition) is 8. The summed E-state index contributed by atoms with van der Waals surface area (Å²) in [6.07, 6.45) is 5.21. The van der Waals surface area contributed by atoms with Gasteiger partial charge in [-0.1, -0.05) is 30.3 Å². The molecule has 2 aliphatic rings. The van der Waals surface area contributed by atoms with Crippen LogP contribution in [0.2, 0.25) is 0 Å². The molecule has 1 amide bonds. The summed E-state index contributed by atoms with van der Waals surface area (Å²) >= 11 is 0. The number of piperazine rings is 1. The molecule has 2 heterocycles. The molecule has 0 aliphatic carbocycles. The molecular weight excluding hydrogens is 420 g/mol. The molecule has 4 rings (SSSR count). The first-order valence-electron chi connectivity index (χ1n) is 10.8. The van der Waals surface area contributed by atoms with Crippen LogP contribution < -0.4 is 27.4 Å². The van der Waals surface area contributed by atoms with E-state index < -0.39 is 5.66 Å². The van der Waals surface area contributed by atoms with Gasteiger partial charge in [-0.25, -0.2) is 4.99 Å². The smallest absolute Gasteiger partial charge is 0.239 e. The molecule has 0 aromatic heterocycles. The maximum Gasteiger partial charge on any atom is 0.239 e. The van der Waals surface area contributed by atoms with Gasteiger partial charge in [0.1, 0.15) is 6.04 Å². The van der Waals surface area contributed by atoms with Crippen LogP contribution in [0.15, 0.2) is 53.5 Å². The van der Waals surface area contributed by atoms with E-state index in [1.54, 1.807) is 18.2 Å². The summed E-state index contributed by atoms with van der Waals surface area (Å²) in [7, 11) is 0. The third-order valence-electron chi connectivity index (χ3n) is 5.65. The second-order valence-corrected chi connectivity index (χ2v) is 8.04. The van der Waals surface area contributed by atoms with Crippen molar-refractivity contribution in [1.29, 1.82) is 0 Å². The van der Waals surface area contributed by atoms with Crippen LogP contribution in [0, 0.1) is 0 Å². The Labute approximate surface area is 192 Å². The molecule has 0 saturated carbocycles. The van der Waals surface area contributed by atoms with Gasteiger partial charge in [0.25, 0.3) is 0 Å². The SMILES string of the molecule is Nc1cccc(C=CC(=O)C2(N)N=CNc3cc(CCOC[C@@H]4NCCNC4=O)ccc32)c1. The predicted molar refractivity (Wildman–Crippen MR) is 129 cm³/mol. The topological polar surface area (TPSA) is 144 Å². The lowest BCUT2D eigenvalue weighted by atomic mass is 9.91. The maximum atomic E-state index is 13.0. The molecule has 172 valence electrons. The lowest BCUT2D eigenvalue weighted by Gasteiger charge is -2.29. The van der Waals surface area contributed by atoms with Crippen LogP contribution in [0.4, 0.5) is 11.4 Å². The Hall–Kier alpha value is -3.53. The summed E-state index contributed by atoms with van der Waals surface area (Å²) in [5.41, 5.74) is 14.5. The van der Waals surface area contributed by atoms with E-state index in [-0.39, 0.29) is 17.7 Å². The lowest BCUT2D eigenvalue weighted by Crippen LogP contribution is -2.54. The van der Waals surface area contributed by atoms with Gasteiger partial charge < -0.3 is 26.4 Å². The van der Waals surface area contributed by atoms with Crippen molar-refractivity contribution >= 4 is 35.5 Å². The molecule has 2 atom stereocenters. The fourth-order valence-corrected chi connectivity index (χ4v) is 3.80. The summed E-state index contributed by atoms with van der Waals surface area (Å²) in [6, 6.07) is 12.6. The number of aliphatic imine (C=N–C) groups is 1. The van der Waals surface area contributed by atoms with Gasteiger partial charge in [0, 0.05) is 30.0 Å². The van der Waals surface area contributed by atoms with Gasteiger partial charge in [-0.05, 0) is 41.8 Å². The van der Waals surface area contributed by atoms with Crippen molar-refractivity contribution in [1.82, 2.24) is 10.6 Å². The number of ether oxygens (including phenoxy) is 1. The van der Waals surface area contributed by atoms with Crippen molar-refractivity contribution in [3.63, 3.8) is 0 Å². The largest absolute Gasteiger partial charge is 0.399 e. The van der Waals surface area contributed by atoms with E-state index in [0.29, 0.717) is 37.4 Å². The number of benzene rings is 2. The highest BCUT2D eigenvalue weighted by Gasteiger charge is 2.37. The average molecular weight is 449 g/mol. The van der Waals surface area contributed by atoms with Crippen molar-refractivity contribution < 1.29 is 14.3 Å². The summed E-state index contributed by atoms with van der Waals surface area (Å²) in [4.78, 5) is 29.0. The van der Waals surface area contributed by atoms with Gasteiger partial charge in [-0.15, -0.1) is 0 Å². The molecule has 9 nitrogen and oxygen atoms in total. The maximum absolute atomic E-state index is 13.0. The first-order chi connectivity index (χ1) is 16.0. The fourth-order valence-electron chi connectivity index (χ4n) is 3.80. The zero-order valence-corrected chi connectivity index (χ0v) is 18.2. The van der Waals surface area contributed by atoms with Crippen LogP contribution in [0.5, 0.6) is 0 Å². The molecule has 2 aromatic rings. The quantitative estimate of drug-likeness (QED) is 0.228. The average Bonchev–Trinajstić information content (AvgIpc) is 2.81. The minimum atomic E-state index is -1.51. The number of rotatable bonds is 8. The Morgan fingerprint density at radius 2 is 2.12 bits per heavy atom. The Morgan fingerprint density at radius 3 is 2.94 bits per heavy atom. The minimum absolute atomic E-state index is 0.0350. The normalized spacial score (nSPS) is 22.0. The fraction of sp³-hybridized carbons (Fsp3) is 0.292. The molecule has 0 bridgehead atoms. The van der Waals surface area contributed by atoms with E-state index in [2.05, 4.69) is 20.9 Å². The van der Waals surface area contributed by atoms with Gasteiger partial charge in [0.15, 0.2) is 0 Å². The van der Waals surface area contributed by atoms with Crippen LogP contribution in [-0.2, 0) is 26.4 Å². The van der Waals surface area contributed by atoms with E-state index in [9.17, 15) is 9.59 Å². The molecule has 2 aromatic carbocycles. The predicted octanol–water partition coefficient (Wildman–Crippen LogP) is 0.764. The lowest BCUT2D eigenvalue weighted by molar-refractivity contribution is -0.126. The van der Waals surface area contributed by atoms with Gasteiger partial charge in [0.05, 0.1) is 19.6 Å². The summed E-state index contributed by atoms with van der Waals surface area (Å²) in [5, 5.41) is 9.02. The Balaban J connectivity index is 1.39.